The molecule has 68 valence electrons. The zero-order valence-corrected chi connectivity index (χ0v) is 8.09. The SMILES string of the molecule is CCC(N)C(CN(C)C)NC. The summed E-state index contributed by atoms with van der Waals surface area (Å²) in [6, 6.07) is 0.678. The predicted octanol–water partition coefficient (Wildman–Crippen LogP) is -0.127. The van der Waals surface area contributed by atoms with Crippen LogP contribution in [0.2, 0.25) is 0 Å². The van der Waals surface area contributed by atoms with E-state index in [2.05, 4.69) is 31.2 Å². The molecule has 0 aliphatic rings. The van der Waals surface area contributed by atoms with Crippen LogP contribution in [0.15, 0.2) is 0 Å². The van der Waals surface area contributed by atoms with Crippen LogP contribution in [0.1, 0.15) is 13.3 Å². The molecular formula is C8H21N3. The minimum Gasteiger partial charge on any atom is -0.326 e. The van der Waals surface area contributed by atoms with Crippen LogP contribution >= 0.6 is 0 Å². The average molecular weight is 159 g/mol. The quantitative estimate of drug-likeness (QED) is 0.587. The molecule has 0 aliphatic carbocycles. The van der Waals surface area contributed by atoms with Crippen molar-refractivity contribution in [3.05, 3.63) is 0 Å². The molecule has 0 fully saturated rings. The largest absolute Gasteiger partial charge is 0.326 e. The topological polar surface area (TPSA) is 41.3 Å². The molecule has 3 heteroatoms. The molecule has 0 saturated carbocycles. The van der Waals surface area contributed by atoms with Crippen LogP contribution in [0.4, 0.5) is 0 Å². The van der Waals surface area contributed by atoms with Crippen LogP contribution in [0.25, 0.3) is 0 Å². The lowest BCUT2D eigenvalue weighted by Crippen LogP contribution is -2.48. The van der Waals surface area contributed by atoms with Crippen LogP contribution in [-0.2, 0) is 0 Å². The smallest absolute Gasteiger partial charge is 0.0344 e. The lowest BCUT2D eigenvalue weighted by Gasteiger charge is -2.25. The third kappa shape index (κ3) is 4.35. The molecule has 3 nitrogen and oxygen atoms in total. The maximum Gasteiger partial charge on any atom is 0.0344 e. The molecule has 0 heterocycles. The molecule has 0 saturated heterocycles. The first-order valence-electron chi connectivity index (χ1n) is 4.19. The van der Waals surface area contributed by atoms with E-state index < -0.39 is 0 Å². The normalized spacial score (nSPS) is 16.9. The second-order valence-electron chi connectivity index (χ2n) is 3.23. The van der Waals surface area contributed by atoms with E-state index in [9.17, 15) is 0 Å². The summed E-state index contributed by atoms with van der Waals surface area (Å²) in [6.07, 6.45) is 1.03. The Bertz CT molecular complexity index is 93.3. The van der Waals surface area contributed by atoms with Gasteiger partial charge in [-0.05, 0) is 27.6 Å². The van der Waals surface area contributed by atoms with Gasteiger partial charge in [-0.3, -0.25) is 0 Å². The molecule has 2 unspecified atom stereocenters. The van der Waals surface area contributed by atoms with Gasteiger partial charge in [0.15, 0.2) is 0 Å². The molecule has 0 aromatic heterocycles. The third-order valence-corrected chi connectivity index (χ3v) is 1.92. The van der Waals surface area contributed by atoms with E-state index in [1.807, 2.05) is 7.05 Å². The Labute approximate surface area is 69.9 Å². The summed E-state index contributed by atoms with van der Waals surface area (Å²) in [4.78, 5) is 2.15. The molecule has 0 amide bonds. The zero-order chi connectivity index (χ0) is 8.85. The Balaban J connectivity index is 3.74. The van der Waals surface area contributed by atoms with E-state index in [1.54, 1.807) is 0 Å². The monoisotopic (exact) mass is 159 g/mol. The Kier molecular flexibility index (Phi) is 5.46. The van der Waals surface area contributed by atoms with Crippen molar-refractivity contribution in [2.24, 2.45) is 5.73 Å². The fourth-order valence-electron chi connectivity index (χ4n) is 1.12. The van der Waals surface area contributed by atoms with Gasteiger partial charge in [0.25, 0.3) is 0 Å². The molecule has 2 atom stereocenters. The van der Waals surface area contributed by atoms with Crippen molar-refractivity contribution in [3.63, 3.8) is 0 Å². The molecule has 0 radical (unpaired) electrons. The maximum absolute atomic E-state index is 5.89. The maximum atomic E-state index is 5.89. The van der Waals surface area contributed by atoms with Gasteiger partial charge in [-0.2, -0.15) is 0 Å². The van der Waals surface area contributed by atoms with Crippen LogP contribution < -0.4 is 11.1 Å². The summed E-state index contributed by atoms with van der Waals surface area (Å²) in [5.41, 5.74) is 5.89. The molecule has 0 bridgehead atoms. The fraction of sp³-hybridized carbons (Fsp3) is 1.00. The van der Waals surface area contributed by atoms with Crippen LogP contribution in [0, 0.1) is 0 Å². The Hall–Kier alpha value is -0.120. The number of nitrogens with two attached hydrogens (primary N) is 1. The highest BCUT2D eigenvalue weighted by atomic mass is 15.1. The summed E-state index contributed by atoms with van der Waals surface area (Å²) in [5.74, 6) is 0. The first kappa shape index (κ1) is 10.9. The second-order valence-corrected chi connectivity index (χ2v) is 3.23. The number of hydrogen-bond donors (Lipinski definition) is 2. The fourth-order valence-corrected chi connectivity index (χ4v) is 1.12. The van der Waals surface area contributed by atoms with Crippen molar-refractivity contribution in [1.82, 2.24) is 10.2 Å². The van der Waals surface area contributed by atoms with Crippen molar-refractivity contribution < 1.29 is 0 Å². The van der Waals surface area contributed by atoms with Crippen molar-refractivity contribution in [3.8, 4) is 0 Å². The molecule has 0 aliphatic heterocycles. The minimum absolute atomic E-state index is 0.266. The molecule has 0 aromatic rings. The standard InChI is InChI=1S/C8H21N3/c1-5-7(9)8(10-2)6-11(3)4/h7-8,10H,5-6,9H2,1-4H3. The summed E-state index contributed by atoms with van der Waals surface area (Å²) < 4.78 is 0. The molecule has 0 spiro atoms. The Morgan fingerprint density at radius 2 is 2.00 bits per heavy atom. The highest BCUT2D eigenvalue weighted by Crippen LogP contribution is 1.95. The number of nitrogens with zero attached hydrogens (tertiary/aromatic N) is 1. The summed E-state index contributed by atoms with van der Waals surface area (Å²) in [5, 5.41) is 3.22. The van der Waals surface area contributed by atoms with Crippen LogP contribution in [-0.4, -0.2) is 44.7 Å². The van der Waals surface area contributed by atoms with Crippen LogP contribution in [0.3, 0.4) is 0 Å². The van der Waals surface area contributed by atoms with Gasteiger partial charge < -0.3 is 16.0 Å². The number of nitrogens with one attached hydrogen (secondary N) is 1. The second kappa shape index (κ2) is 5.52. The first-order chi connectivity index (χ1) is 5.11. The van der Waals surface area contributed by atoms with Gasteiger partial charge in [0.1, 0.15) is 0 Å². The van der Waals surface area contributed by atoms with E-state index in [0.717, 1.165) is 13.0 Å². The lowest BCUT2D eigenvalue weighted by molar-refractivity contribution is 0.314. The van der Waals surface area contributed by atoms with E-state index in [0.29, 0.717) is 6.04 Å². The summed E-state index contributed by atoms with van der Waals surface area (Å²) in [6.45, 7) is 3.12. The number of hydrogen-bond acceptors (Lipinski definition) is 3. The zero-order valence-electron chi connectivity index (χ0n) is 8.09. The van der Waals surface area contributed by atoms with Gasteiger partial charge in [0.2, 0.25) is 0 Å². The molecule has 3 N–H and O–H groups in total. The van der Waals surface area contributed by atoms with Gasteiger partial charge in [-0.15, -0.1) is 0 Å². The molecule has 0 rings (SSSR count). The minimum atomic E-state index is 0.266. The Morgan fingerprint density at radius 1 is 1.45 bits per heavy atom. The van der Waals surface area contributed by atoms with Crippen molar-refractivity contribution in [2.45, 2.75) is 25.4 Å². The molecular weight excluding hydrogens is 138 g/mol. The van der Waals surface area contributed by atoms with E-state index >= 15 is 0 Å². The predicted molar refractivity (Wildman–Crippen MR) is 49.7 cm³/mol. The van der Waals surface area contributed by atoms with E-state index in [1.165, 1.54) is 0 Å². The first-order valence-corrected chi connectivity index (χ1v) is 4.19. The van der Waals surface area contributed by atoms with Gasteiger partial charge in [-0.1, -0.05) is 6.92 Å². The third-order valence-electron chi connectivity index (χ3n) is 1.92. The van der Waals surface area contributed by atoms with Gasteiger partial charge in [0, 0.05) is 18.6 Å². The average Bonchev–Trinajstić information content (AvgIpc) is 1.98. The van der Waals surface area contributed by atoms with Gasteiger partial charge >= 0.3 is 0 Å². The van der Waals surface area contributed by atoms with Crippen molar-refractivity contribution in [1.29, 1.82) is 0 Å². The van der Waals surface area contributed by atoms with Gasteiger partial charge in [-0.25, -0.2) is 0 Å². The number of rotatable bonds is 5. The van der Waals surface area contributed by atoms with E-state index in [-0.39, 0.29) is 6.04 Å². The Morgan fingerprint density at radius 3 is 2.27 bits per heavy atom. The highest BCUT2D eigenvalue weighted by Gasteiger charge is 2.13. The van der Waals surface area contributed by atoms with Crippen LogP contribution in [0.5, 0.6) is 0 Å². The van der Waals surface area contributed by atoms with E-state index in [4.69, 9.17) is 5.73 Å². The summed E-state index contributed by atoms with van der Waals surface area (Å²) >= 11 is 0. The number of likely N-dealkylation sites (N-methyl/N-ethyl adjacent to an activating group) is 2. The highest BCUT2D eigenvalue weighted by molar-refractivity contribution is 4.78. The summed E-state index contributed by atoms with van der Waals surface area (Å²) in [7, 11) is 6.09. The van der Waals surface area contributed by atoms with Crippen molar-refractivity contribution >= 4 is 0 Å². The lowest BCUT2D eigenvalue weighted by atomic mass is 10.1. The molecule has 11 heavy (non-hydrogen) atoms. The van der Waals surface area contributed by atoms with Crippen molar-refractivity contribution in [2.75, 3.05) is 27.7 Å². The molecule has 0 aromatic carbocycles. The van der Waals surface area contributed by atoms with Gasteiger partial charge in [0.05, 0.1) is 0 Å².